The Morgan fingerprint density at radius 3 is 2.63 bits per heavy atom. The third-order valence-electron chi connectivity index (χ3n) is 3.06. The van der Waals surface area contributed by atoms with Crippen LogP contribution in [0.3, 0.4) is 0 Å². The van der Waals surface area contributed by atoms with Crippen LogP contribution in [0, 0.1) is 5.92 Å². The van der Waals surface area contributed by atoms with Gasteiger partial charge in [-0.15, -0.1) is 0 Å². The zero-order chi connectivity index (χ0) is 13.8. The largest absolute Gasteiger partial charge is 0.494 e. The van der Waals surface area contributed by atoms with Gasteiger partial charge in [-0.2, -0.15) is 0 Å². The first-order valence-corrected chi connectivity index (χ1v) is 6.89. The van der Waals surface area contributed by atoms with Crippen LogP contribution in [0.5, 0.6) is 5.75 Å². The minimum atomic E-state index is 0.0221. The van der Waals surface area contributed by atoms with Gasteiger partial charge in [0.15, 0.2) is 5.78 Å². The highest BCUT2D eigenvalue weighted by Gasteiger charge is 2.23. The lowest BCUT2D eigenvalue weighted by Crippen LogP contribution is -2.19. The summed E-state index contributed by atoms with van der Waals surface area (Å²) < 4.78 is 5.39. The molecule has 0 unspecified atom stereocenters. The van der Waals surface area contributed by atoms with Gasteiger partial charge >= 0.3 is 0 Å². The second-order valence-electron chi connectivity index (χ2n) is 4.81. The average molecular weight is 280 g/mol. The van der Waals surface area contributed by atoms with Crippen molar-refractivity contribution in [1.82, 2.24) is 0 Å². The molecule has 102 valence electrons. The van der Waals surface area contributed by atoms with Crippen LogP contribution in [0.25, 0.3) is 0 Å². The van der Waals surface area contributed by atoms with Crippen molar-refractivity contribution in [1.29, 1.82) is 0 Å². The molecule has 19 heavy (non-hydrogen) atoms. The highest BCUT2D eigenvalue weighted by molar-refractivity contribution is 6.43. The number of benzene rings is 1. The molecule has 0 heterocycles. The molecule has 0 radical (unpaired) electrons. The molecule has 4 heteroatoms. The number of anilines is 1. The van der Waals surface area contributed by atoms with Crippen LogP contribution < -0.4 is 10.1 Å². The zero-order valence-electron chi connectivity index (χ0n) is 11.2. The van der Waals surface area contributed by atoms with E-state index in [0.717, 1.165) is 23.6 Å². The summed E-state index contributed by atoms with van der Waals surface area (Å²) in [5, 5.41) is 3.57. The standard InChI is InChI=1S/C15H18ClNO2/c1-3-19-12-6-4-11(5-7-12)17-13-8-10(2)9-14(18)15(13)16/h4-7,10,17H,3,8-9H2,1-2H3/t10-/m0/s1. The number of hydrogen-bond donors (Lipinski definition) is 1. The van der Waals surface area contributed by atoms with Crippen molar-refractivity contribution in [3.8, 4) is 5.75 Å². The lowest BCUT2D eigenvalue weighted by molar-refractivity contribution is -0.116. The topological polar surface area (TPSA) is 38.3 Å². The van der Waals surface area contributed by atoms with E-state index in [4.69, 9.17) is 16.3 Å². The molecule has 1 aliphatic rings. The Bertz CT molecular complexity index is 493. The van der Waals surface area contributed by atoms with E-state index in [-0.39, 0.29) is 5.78 Å². The molecule has 0 saturated heterocycles. The maximum absolute atomic E-state index is 11.7. The minimum Gasteiger partial charge on any atom is -0.494 e. The van der Waals surface area contributed by atoms with Gasteiger partial charge in [-0.05, 0) is 43.5 Å². The number of ether oxygens (including phenoxy) is 1. The average Bonchev–Trinajstić information content (AvgIpc) is 2.38. The van der Waals surface area contributed by atoms with Crippen molar-refractivity contribution in [3.63, 3.8) is 0 Å². The first kappa shape index (κ1) is 13.9. The fourth-order valence-corrected chi connectivity index (χ4v) is 2.37. The van der Waals surface area contributed by atoms with Crippen LogP contribution in [-0.2, 0) is 4.79 Å². The van der Waals surface area contributed by atoms with E-state index >= 15 is 0 Å². The van der Waals surface area contributed by atoms with Gasteiger partial charge in [-0.1, -0.05) is 18.5 Å². The summed E-state index contributed by atoms with van der Waals surface area (Å²) in [6.45, 7) is 4.66. The molecule has 1 N–H and O–H groups in total. The summed E-state index contributed by atoms with van der Waals surface area (Å²) >= 11 is 6.07. The zero-order valence-corrected chi connectivity index (χ0v) is 12.0. The van der Waals surface area contributed by atoms with E-state index in [1.165, 1.54) is 0 Å². The normalized spacial score (nSPS) is 19.5. The molecule has 0 aliphatic heterocycles. The number of nitrogens with one attached hydrogen (secondary N) is 1. The third-order valence-corrected chi connectivity index (χ3v) is 3.50. The molecule has 0 amide bonds. The van der Waals surface area contributed by atoms with Gasteiger partial charge < -0.3 is 10.1 Å². The number of carbonyl (C=O) groups is 1. The van der Waals surface area contributed by atoms with Crippen LogP contribution in [0.4, 0.5) is 5.69 Å². The SMILES string of the molecule is CCOc1ccc(NC2=C(Cl)C(=O)C[C@@H](C)C2)cc1. The van der Waals surface area contributed by atoms with Crippen molar-refractivity contribution < 1.29 is 9.53 Å². The molecule has 1 aliphatic carbocycles. The lowest BCUT2D eigenvalue weighted by atomic mass is 9.92. The number of carbonyl (C=O) groups excluding carboxylic acids is 1. The van der Waals surface area contributed by atoms with Crippen molar-refractivity contribution in [3.05, 3.63) is 35.0 Å². The maximum Gasteiger partial charge on any atom is 0.176 e. The number of ketones is 1. The molecule has 1 atom stereocenters. The number of allylic oxidation sites excluding steroid dienone is 2. The quantitative estimate of drug-likeness (QED) is 0.907. The van der Waals surface area contributed by atoms with Crippen LogP contribution in [-0.4, -0.2) is 12.4 Å². The van der Waals surface area contributed by atoms with Gasteiger partial charge in [0.2, 0.25) is 0 Å². The number of Topliss-reactive ketones (excluding diaryl/α,β-unsaturated/α-hetero) is 1. The van der Waals surface area contributed by atoms with Crippen LogP contribution in [0.15, 0.2) is 35.0 Å². The van der Waals surface area contributed by atoms with Gasteiger partial charge in [-0.25, -0.2) is 0 Å². The molecule has 1 aromatic rings. The summed E-state index contributed by atoms with van der Waals surface area (Å²) in [5.41, 5.74) is 1.73. The second kappa shape index (κ2) is 6.11. The van der Waals surface area contributed by atoms with Gasteiger partial charge in [0, 0.05) is 17.8 Å². The van der Waals surface area contributed by atoms with Crippen LogP contribution in [0.2, 0.25) is 0 Å². The Balaban J connectivity index is 2.11. The highest BCUT2D eigenvalue weighted by Crippen LogP contribution is 2.30. The first-order chi connectivity index (χ1) is 9.10. The summed E-state index contributed by atoms with van der Waals surface area (Å²) in [5.74, 6) is 1.19. The fraction of sp³-hybridized carbons (Fsp3) is 0.400. The predicted molar refractivity (Wildman–Crippen MR) is 77.5 cm³/mol. The minimum absolute atomic E-state index is 0.0221. The highest BCUT2D eigenvalue weighted by atomic mass is 35.5. The maximum atomic E-state index is 11.7. The Morgan fingerprint density at radius 1 is 1.32 bits per heavy atom. The van der Waals surface area contributed by atoms with E-state index in [9.17, 15) is 4.79 Å². The molecule has 3 nitrogen and oxygen atoms in total. The Hall–Kier alpha value is -1.48. The van der Waals surface area contributed by atoms with E-state index in [1.54, 1.807) is 0 Å². The summed E-state index contributed by atoms with van der Waals surface area (Å²) in [7, 11) is 0. The van der Waals surface area contributed by atoms with Gasteiger partial charge in [0.1, 0.15) is 10.8 Å². The number of halogens is 1. The molecular weight excluding hydrogens is 262 g/mol. The van der Waals surface area contributed by atoms with E-state index < -0.39 is 0 Å². The van der Waals surface area contributed by atoms with E-state index in [0.29, 0.717) is 24.0 Å². The summed E-state index contributed by atoms with van der Waals surface area (Å²) in [4.78, 5) is 11.7. The third kappa shape index (κ3) is 3.51. The molecule has 0 aromatic heterocycles. The smallest absolute Gasteiger partial charge is 0.176 e. The fourth-order valence-electron chi connectivity index (χ4n) is 2.17. The van der Waals surface area contributed by atoms with Crippen LogP contribution in [0.1, 0.15) is 26.7 Å². The van der Waals surface area contributed by atoms with E-state index in [2.05, 4.69) is 12.2 Å². The van der Waals surface area contributed by atoms with E-state index in [1.807, 2.05) is 31.2 Å². The molecule has 0 fully saturated rings. The van der Waals surface area contributed by atoms with Gasteiger partial charge in [-0.3, -0.25) is 4.79 Å². The molecule has 0 bridgehead atoms. The van der Waals surface area contributed by atoms with Crippen molar-refractivity contribution in [2.45, 2.75) is 26.7 Å². The first-order valence-electron chi connectivity index (χ1n) is 6.52. The second-order valence-corrected chi connectivity index (χ2v) is 5.19. The molecule has 2 rings (SSSR count). The van der Waals surface area contributed by atoms with Gasteiger partial charge in [0.25, 0.3) is 0 Å². The van der Waals surface area contributed by atoms with Gasteiger partial charge in [0.05, 0.1) is 6.61 Å². The summed E-state index contributed by atoms with van der Waals surface area (Å²) in [6, 6.07) is 7.64. The van der Waals surface area contributed by atoms with Crippen molar-refractivity contribution in [2.24, 2.45) is 5.92 Å². The molecular formula is C15H18ClNO2. The number of hydrogen-bond acceptors (Lipinski definition) is 3. The van der Waals surface area contributed by atoms with Crippen LogP contribution >= 0.6 is 11.6 Å². The van der Waals surface area contributed by atoms with Crippen molar-refractivity contribution in [2.75, 3.05) is 11.9 Å². The molecule has 0 spiro atoms. The summed E-state index contributed by atoms with van der Waals surface area (Å²) in [6.07, 6.45) is 1.34. The molecule has 0 saturated carbocycles. The molecule has 1 aromatic carbocycles. The lowest BCUT2D eigenvalue weighted by Gasteiger charge is -2.22. The predicted octanol–water partition coefficient (Wildman–Crippen LogP) is 3.95. The monoisotopic (exact) mass is 279 g/mol. The Kier molecular flexibility index (Phi) is 4.48. The number of rotatable bonds is 4. The Morgan fingerprint density at radius 2 is 2.00 bits per heavy atom. The Labute approximate surface area is 118 Å². The van der Waals surface area contributed by atoms with Crippen molar-refractivity contribution >= 4 is 23.1 Å².